The molecule has 0 atom stereocenters. The maximum Gasteiger partial charge on any atom is 0.260 e. The summed E-state index contributed by atoms with van der Waals surface area (Å²) in [6, 6.07) is 0.285. The average Bonchev–Trinajstić information content (AvgIpc) is 2.86. The molecule has 1 saturated carbocycles. The van der Waals surface area contributed by atoms with Gasteiger partial charge in [0.1, 0.15) is 11.4 Å². The van der Waals surface area contributed by atoms with Crippen LogP contribution in [0.3, 0.4) is 0 Å². The summed E-state index contributed by atoms with van der Waals surface area (Å²) in [6.07, 6.45) is 9.60. The largest absolute Gasteiger partial charge is 0.385 e. The maximum absolute atomic E-state index is 11.9. The lowest BCUT2D eigenvalue weighted by Gasteiger charge is -2.15. The normalized spacial score (nSPS) is 21.2. The van der Waals surface area contributed by atoms with Crippen LogP contribution in [0.1, 0.15) is 62.8 Å². The van der Waals surface area contributed by atoms with E-state index in [1.165, 1.54) is 25.7 Å². The molecular weight excluding hydrogens is 284 g/mol. The molecule has 1 aromatic rings. The number of nitrogens with zero attached hydrogens (tertiary/aromatic N) is 3. The maximum atomic E-state index is 11.9. The number of fused-ring (bicyclic) bond motifs is 1. The second-order valence-electron chi connectivity index (χ2n) is 5.98. The van der Waals surface area contributed by atoms with Gasteiger partial charge < -0.3 is 10.2 Å². The molecule has 0 unspecified atom stereocenters. The minimum atomic E-state index is -0.106. The molecule has 0 saturated heterocycles. The first-order valence-electron chi connectivity index (χ1n) is 8.13. The Bertz CT molecular complexity index is 533. The van der Waals surface area contributed by atoms with Crippen molar-refractivity contribution in [1.82, 2.24) is 15.6 Å². The zero-order chi connectivity index (χ0) is 15.2. The topological polar surface area (TPSA) is 89.6 Å². The molecule has 1 fully saturated rings. The number of oxime groups is 1. The molecule has 0 bridgehead atoms. The monoisotopic (exact) mass is 306 g/mol. The summed E-state index contributed by atoms with van der Waals surface area (Å²) >= 11 is 0. The van der Waals surface area contributed by atoms with Crippen LogP contribution in [0, 0.1) is 0 Å². The third-order valence-electron chi connectivity index (χ3n) is 4.25. The molecule has 0 aliphatic heterocycles. The van der Waals surface area contributed by atoms with E-state index < -0.39 is 0 Å². The van der Waals surface area contributed by atoms with Gasteiger partial charge in [-0.05, 0) is 37.3 Å². The molecule has 1 N–H and O–H groups in total. The highest BCUT2D eigenvalue weighted by molar-refractivity contribution is 6.00. The van der Waals surface area contributed by atoms with E-state index in [4.69, 9.17) is 9.47 Å². The van der Waals surface area contributed by atoms with Crippen LogP contribution in [-0.4, -0.2) is 34.6 Å². The third kappa shape index (κ3) is 3.84. The van der Waals surface area contributed by atoms with Crippen LogP contribution in [0.5, 0.6) is 0 Å². The van der Waals surface area contributed by atoms with Crippen molar-refractivity contribution in [3.05, 3.63) is 11.4 Å². The lowest BCUT2D eigenvalue weighted by Crippen LogP contribution is -2.36. The number of hydrogen-bond donors (Lipinski definition) is 1. The first-order chi connectivity index (χ1) is 10.8. The molecule has 0 aromatic carbocycles. The van der Waals surface area contributed by atoms with Gasteiger partial charge in [0.25, 0.3) is 5.91 Å². The zero-order valence-corrected chi connectivity index (χ0v) is 12.7. The molecule has 22 heavy (non-hydrogen) atoms. The Kier molecular flexibility index (Phi) is 5.03. The highest BCUT2D eigenvalue weighted by atomic mass is 16.6. The van der Waals surface area contributed by atoms with Crippen molar-refractivity contribution in [1.29, 1.82) is 0 Å². The number of aryl methyl sites for hydroxylation is 1. The fraction of sp³-hybridized carbons (Fsp3) is 0.733. The van der Waals surface area contributed by atoms with Crippen LogP contribution >= 0.6 is 0 Å². The Labute approximate surface area is 129 Å². The number of hydrogen-bond acceptors (Lipinski definition) is 6. The standard InChI is InChI=1S/C15H22N4O3/c20-14(16-11-6-3-1-2-4-7-11)10-21-17-12-8-5-9-13-15(12)19-22-18-13/h11H,1-10H2,(H,16,20)/b17-12+. The smallest absolute Gasteiger partial charge is 0.260 e. The Morgan fingerprint density at radius 1 is 1.18 bits per heavy atom. The van der Waals surface area contributed by atoms with E-state index in [0.29, 0.717) is 11.4 Å². The highest BCUT2D eigenvalue weighted by Crippen LogP contribution is 2.18. The molecule has 0 radical (unpaired) electrons. The van der Waals surface area contributed by atoms with E-state index in [1.807, 2.05) is 0 Å². The zero-order valence-electron chi connectivity index (χ0n) is 12.7. The van der Waals surface area contributed by atoms with Crippen molar-refractivity contribution in [3.8, 4) is 0 Å². The van der Waals surface area contributed by atoms with Gasteiger partial charge in [-0.15, -0.1) is 0 Å². The Morgan fingerprint density at radius 2 is 2.00 bits per heavy atom. The van der Waals surface area contributed by atoms with Gasteiger partial charge in [-0.2, -0.15) is 0 Å². The van der Waals surface area contributed by atoms with E-state index in [9.17, 15) is 4.79 Å². The van der Waals surface area contributed by atoms with Gasteiger partial charge in [0.2, 0.25) is 0 Å². The van der Waals surface area contributed by atoms with Crippen molar-refractivity contribution >= 4 is 11.6 Å². The van der Waals surface area contributed by atoms with Crippen LogP contribution in [-0.2, 0) is 16.1 Å². The summed E-state index contributed by atoms with van der Waals surface area (Å²) in [7, 11) is 0. The molecule has 1 amide bonds. The number of aromatic nitrogens is 2. The minimum Gasteiger partial charge on any atom is -0.385 e. The van der Waals surface area contributed by atoms with E-state index in [0.717, 1.165) is 37.8 Å². The molecule has 7 nitrogen and oxygen atoms in total. The molecule has 1 heterocycles. The first kappa shape index (κ1) is 15.0. The average molecular weight is 306 g/mol. The van der Waals surface area contributed by atoms with Gasteiger partial charge in [-0.1, -0.05) is 36.0 Å². The molecular formula is C15H22N4O3. The second kappa shape index (κ2) is 7.38. The summed E-state index contributed by atoms with van der Waals surface area (Å²) in [5.74, 6) is -0.106. The summed E-state index contributed by atoms with van der Waals surface area (Å²) in [6.45, 7) is -0.0549. The van der Waals surface area contributed by atoms with E-state index >= 15 is 0 Å². The van der Waals surface area contributed by atoms with E-state index in [2.05, 4.69) is 20.8 Å². The summed E-state index contributed by atoms with van der Waals surface area (Å²) in [5.41, 5.74) is 2.19. The van der Waals surface area contributed by atoms with Crippen LogP contribution in [0.2, 0.25) is 0 Å². The van der Waals surface area contributed by atoms with Crippen LogP contribution in [0.15, 0.2) is 9.78 Å². The molecule has 3 rings (SSSR count). The Hall–Kier alpha value is -1.92. The predicted molar refractivity (Wildman–Crippen MR) is 79.4 cm³/mol. The number of amides is 1. The van der Waals surface area contributed by atoms with Gasteiger partial charge in [0.05, 0.1) is 0 Å². The highest BCUT2D eigenvalue weighted by Gasteiger charge is 2.22. The summed E-state index contributed by atoms with van der Waals surface area (Å²) in [4.78, 5) is 17.1. The number of carbonyl (C=O) groups excluding carboxylic acids is 1. The fourth-order valence-corrected chi connectivity index (χ4v) is 3.08. The molecule has 7 heteroatoms. The van der Waals surface area contributed by atoms with Crippen molar-refractivity contribution in [2.75, 3.05) is 6.61 Å². The van der Waals surface area contributed by atoms with Crippen LogP contribution in [0.25, 0.3) is 0 Å². The van der Waals surface area contributed by atoms with Crippen LogP contribution in [0.4, 0.5) is 0 Å². The van der Waals surface area contributed by atoms with Crippen molar-refractivity contribution in [2.24, 2.45) is 5.16 Å². The Balaban J connectivity index is 1.47. The summed E-state index contributed by atoms with van der Waals surface area (Å²) in [5, 5.41) is 14.7. The molecule has 2 aliphatic carbocycles. The van der Waals surface area contributed by atoms with Crippen molar-refractivity contribution < 1.29 is 14.3 Å². The van der Waals surface area contributed by atoms with Crippen LogP contribution < -0.4 is 5.32 Å². The van der Waals surface area contributed by atoms with E-state index in [-0.39, 0.29) is 18.6 Å². The van der Waals surface area contributed by atoms with Gasteiger partial charge in [-0.25, -0.2) is 4.63 Å². The number of rotatable bonds is 4. The third-order valence-corrected chi connectivity index (χ3v) is 4.25. The second-order valence-corrected chi connectivity index (χ2v) is 5.98. The summed E-state index contributed by atoms with van der Waals surface area (Å²) < 4.78 is 4.72. The lowest BCUT2D eigenvalue weighted by atomic mass is 9.99. The van der Waals surface area contributed by atoms with Gasteiger partial charge >= 0.3 is 0 Å². The van der Waals surface area contributed by atoms with Gasteiger partial charge in [-0.3, -0.25) is 4.79 Å². The lowest BCUT2D eigenvalue weighted by molar-refractivity contribution is -0.126. The fourth-order valence-electron chi connectivity index (χ4n) is 3.08. The molecule has 120 valence electrons. The predicted octanol–water partition coefficient (Wildman–Crippen LogP) is 1.97. The van der Waals surface area contributed by atoms with Crippen molar-refractivity contribution in [2.45, 2.75) is 63.8 Å². The first-order valence-corrected chi connectivity index (χ1v) is 8.13. The Morgan fingerprint density at radius 3 is 2.82 bits per heavy atom. The van der Waals surface area contributed by atoms with Crippen molar-refractivity contribution in [3.63, 3.8) is 0 Å². The molecule has 2 aliphatic rings. The quantitative estimate of drug-likeness (QED) is 0.678. The van der Waals surface area contributed by atoms with E-state index in [1.54, 1.807) is 0 Å². The number of carbonyl (C=O) groups is 1. The molecule has 0 spiro atoms. The number of nitrogens with one attached hydrogen (secondary N) is 1. The van der Waals surface area contributed by atoms with Gasteiger partial charge in [0, 0.05) is 6.04 Å². The SMILES string of the molecule is O=C(CO/N=C1\CCCc2nonc21)NC1CCCCCC1. The minimum absolute atomic E-state index is 0.0549. The molecule has 1 aromatic heterocycles. The van der Waals surface area contributed by atoms with Gasteiger partial charge in [0.15, 0.2) is 12.3 Å².